The van der Waals surface area contributed by atoms with Crippen LogP contribution < -0.4 is 5.32 Å². The van der Waals surface area contributed by atoms with Crippen molar-refractivity contribution in [1.82, 2.24) is 9.88 Å². The lowest BCUT2D eigenvalue weighted by atomic mass is 10.1. The molecule has 102 valence electrons. The molecule has 0 spiro atoms. The van der Waals surface area contributed by atoms with Gasteiger partial charge in [-0.1, -0.05) is 33.6 Å². The van der Waals surface area contributed by atoms with Gasteiger partial charge in [-0.3, -0.25) is 0 Å². The van der Waals surface area contributed by atoms with Crippen molar-refractivity contribution in [2.45, 2.75) is 26.8 Å². The standard InChI is InChI=1S/C16H21BrN2/c1-12(2)7-9-19-11-13(6-8-18-3)15-5-4-14(17)10-16(15)19/h4-5,7,10-11,18H,6,8-9H2,1-3H3. The molecule has 0 atom stereocenters. The van der Waals surface area contributed by atoms with Crippen LogP contribution in [-0.4, -0.2) is 18.2 Å². The van der Waals surface area contributed by atoms with Gasteiger partial charge in [-0.25, -0.2) is 0 Å². The Morgan fingerprint density at radius 3 is 2.84 bits per heavy atom. The SMILES string of the molecule is CNCCc1cn(CC=C(C)C)c2cc(Br)ccc12. The Hall–Kier alpha value is -1.06. The average molecular weight is 321 g/mol. The normalized spacial score (nSPS) is 10.9. The van der Waals surface area contributed by atoms with E-state index in [1.54, 1.807) is 0 Å². The minimum atomic E-state index is 0.939. The lowest BCUT2D eigenvalue weighted by molar-refractivity contribution is 0.785. The zero-order valence-corrected chi connectivity index (χ0v) is 13.4. The van der Waals surface area contributed by atoms with Gasteiger partial charge < -0.3 is 9.88 Å². The maximum Gasteiger partial charge on any atom is 0.0497 e. The molecule has 2 nitrogen and oxygen atoms in total. The van der Waals surface area contributed by atoms with E-state index in [4.69, 9.17) is 0 Å². The molecule has 0 amide bonds. The van der Waals surface area contributed by atoms with Crippen molar-refractivity contribution < 1.29 is 0 Å². The number of rotatable bonds is 5. The van der Waals surface area contributed by atoms with E-state index in [1.807, 2.05) is 7.05 Å². The summed E-state index contributed by atoms with van der Waals surface area (Å²) in [6.07, 6.45) is 5.62. The van der Waals surface area contributed by atoms with E-state index in [2.05, 4.69) is 70.1 Å². The van der Waals surface area contributed by atoms with Gasteiger partial charge in [0.1, 0.15) is 0 Å². The number of nitrogens with zero attached hydrogens (tertiary/aromatic N) is 1. The first kappa shape index (κ1) is 14.4. The number of allylic oxidation sites excluding steroid dienone is 2. The zero-order chi connectivity index (χ0) is 13.8. The van der Waals surface area contributed by atoms with Crippen molar-refractivity contribution in [2.24, 2.45) is 0 Å². The van der Waals surface area contributed by atoms with Crippen LogP contribution in [0.25, 0.3) is 10.9 Å². The number of aromatic nitrogens is 1. The van der Waals surface area contributed by atoms with Gasteiger partial charge >= 0.3 is 0 Å². The molecule has 0 aliphatic carbocycles. The van der Waals surface area contributed by atoms with Crippen molar-refractivity contribution in [2.75, 3.05) is 13.6 Å². The number of likely N-dealkylation sites (N-methyl/N-ethyl adjacent to an activating group) is 1. The molecule has 1 N–H and O–H groups in total. The third-order valence-corrected chi connectivity index (χ3v) is 3.76. The summed E-state index contributed by atoms with van der Waals surface area (Å²) in [6.45, 7) is 6.24. The molecule has 19 heavy (non-hydrogen) atoms. The van der Waals surface area contributed by atoms with Gasteiger partial charge in [0.25, 0.3) is 0 Å². The molecule has 1 heterocycles. The maximum absolute atomic E-state index is 3.57. The average Bonchev–Trinajstić information content (AvgIpc) is 2.71. The molecule has 2 aromatic rings. The van der Waals surface area contributed by atoms with Gasteiger partial charge in [-0.05, 0) is 51.6 Å². The fourth-order valence-electron chi connectivity index (χ4n) is 2.23. The summed E-state index contributed by atoms with van der Waals surface area (Å²) in [6, 6.07) is 6.54. The lowest BCUT2D eigenvalue weighted by Crippen LogP contribution is -2.09. The molecule has 0 saturated carbocycles. The summed E-state index contributed by atoms with van der Waals surface area (Å²) in [4.78, 5) is 0. The van der Waals surface area contributed by atoms with Gasteiger partial charge in [-0.15, -0.1) is 0 Å². The van der Waals surface area contributed by atoms with E-state index in [1.165, 1.54) is 22.0 Å². The Kier molecular flexibility index (Phi) is 4.83. The van der Waals surface area contributed by atoms with Crippen LogP contribution in [0.1, 0.15) is 19.4 Å². The molecular weight excluding hydrogens is 300 g/mol. The number of nitrogens with one attached hydrogen (secondary N) is 1. The molecule has 1 aromatic heterocycles. The zero-order valence-electron chi connectivity index (χ0n) is 11.8. The Bertz CT molecular complexity index is 592. The van der Waals surface area contributed by atoms with E-state index in [0.29, 0.717) is 0 Å². The van der Waals surface area contributed by atoms with Gasteiger partial charge in [0, 0.05) is 28.1 Å². The van der Waals surface area contributed by atoms with Gasteiger partial charge in [0.05, 0.1) is 0 Å². The fraction of sp³-hybridized carbons (Fsp3) is 0.375. The molecule has 3 heteroatoms. The second-order valence-corrected chi connectivity index (χ2v) is 6.02. The number of halogens is 1. The highest BCUT2D eigenvalue weighted by Crippen LogP contribution is 2.25. The Morgan fingerprint density at radius 2 is 2.16 bits per heavy atom. The van der Waals surface area contributed by atoms with Gasteiger partial charge in [-0.2, -0.15) is 0 Å². The molecule has 0 unspecified atom stereocenters. The third kappa shape index (κ3) is 3.48. The molecule has 0 fully saturated rings. The van der Waals surface area contributed by atoms with Gasteiger partial charge in [0.15, 0.2) is 0 Å². The van der Waals surface area contributed by atoms with Gasteiger partial charge in [0.2, 0.25) is 0 Å². The Labute approximate surface area is 123 Å². The molecule has 0 aliphatic rings. The molecule has 0 radical (unpaired) electrons. The minimum Gasteiger partial charge on any atom is -0.343 e. The summed E-state index contributed by atoms with van der Waals surface area (Å²) < 4.78 is 3.47. The van der Waals surface area contributed by atoms with Crippen molar-refractivity contribution in [3.8, 4) is 0 Å². The predicted molar refractivity (Wildman–Crippen MR) is 86.7 cm³/mol. The first-order valence-electron chi connectivity index (χ1n) is 6.67. The predicted octanol–water partition coefficient (Wildman–Crippen LogP) is 4.13. The van der Waals surface area contributed by atoms with Crippen LogP contribution in [0.15, 0.2) is 40.5 Å². The molecule has 2 rings (SSSR count). The summed E-state index contributed by atoms with van der Waals surface area (Å²) in [5, 5.41) is 4.58. The highest BCUT2D eigenvalue weighted by atomic mass is 79.9. The number of benzene rings is 1. The van der Waals surface area contributed by atoms with Crippen molar-refractivity contribution in [1.29, 1.82) is 0 Å². The van der Waals surface area contributed by atoms with Crippen LogP contribution in [0.5, 0.6) is 0 Å². The Balaban J connectivity index is 2.44. The first-order valence-corrected chi connectivity index (χ1v) is 7.46. The number of fused-ring (bicyclic) bond motifs is 1. The summed E-state index contributed by atoms with van der Waals surface area (Å²) in [5.74, 6) is 0. The van der Waals surface area contributed by atoms with E-state index < -0.39 is 0 Å². The summed E-state index contributed by atoms with van der Waals surface area (Å²) in [5.41, 5.74) is 4.07. The van der Waals surface area contributed by atoms with E-state index in [9.17, 15) is 0 Å². The summed E-state index contributed by atoms with van der Waals surface area (Å²) >= 11 is 3.57. The Morgan fingerprint density at radius 1 is 1.37 bits per heavy atom. The second-order valence-electron chi connectivity index (χ2n) is 5.10. The highest BCUT2D eigenvalue weighted by Gasteiger charge is 2.08. The van der Waals surface area contributed by atoms with Crippen molar-refractivity contribution in [3.05, 3.63) is 46.1 Å². The molecular formula is C16H21BrN2. The van der Waals surface area contributed by atoms with Crippen LogP contribution in [0.4, 0.5) is 0 Å². The first-order chi connectivity index (χ1) is 9.11. The number of hydrogen-bond acceptors (Lipinski definition) is 1. The van der Waals surface area contributed by atoms with E-state index in [-0.39, 0.29) is 0 Å². The topological polar surface area (TPSA) is 17.0 Å². The maximum atomic E-state index is 3.57. The molecule has 1 aromatic carbocycles. The quantitative estimate of drug-likeness (QED) is 0.819. The van der Waals surface area contributed by atoms with E-state index in [0.717, 1.165) is 24.0 Å². The number of hydrogen-bond donors (Lipinski definition) is 1. The third-order valence-electron chi connectivity index (χ3n) is 3.27. The summed E-state index contributed by atoms with van der Waals surface area (Å²) in [7, 11) is 2.00. The fourth-order valence-corrected chi connectivity index (χ4v) is 2.58. The molecule has 0 saturated heterocycles. The van der Waals surface area contributed by atoms with Crippen LogP contribution >= 0.6 is 15.9 Å². The van der Waals surface area contributed by atoms with Crippen LogP contribution in [0.3, 0.4) is 0 Å². The smallest absolute Gasteiger partial charge is 0.0497 e. The second kappa shape index (κ2) is 6.40. The van der Waals surface area contributed by atoms with Crippen LogP contribution in [0.2, 0.25) is 0 Å². The van der Waals surface area contributed by atoms with Crippen molar-refractivity contribution in [3.63, 3.8) is 0 Å². The molecule has 0 bridgehead atoms. The molecule has 0 aliphatic heterocycles. The van der Waals surface area contributed by atoms with E-state index >= 15 is 0 Å². The van der Waals surface area contributed by atoms with Crippen molar-refractivity contribution >= 4 is 26.8 Å². The lowest BCUT2D eigenvalue weighted by Gasteiger charge is -2.02. The van der Waals surface area contributed by atoms with Crippen LogP contribution in [0, 0.1) is 0 Å². The monoisotopic (exact) mass is 320 g/mol. The largest absolute Gasteiger partial charge is 0.343 e. The minimum absolute atomic E-state index is 0.939. The highest BCUT2D eigenvalue weighted by molar-refractivity contribution is 9.10. The van der Waals surface area contributed by atoms with Crippen LogP contribution in [-0.2, 0) is 13.0 Å².